The van der Waals surface area contributed by atoms with E-state index in [1.165, 1.54) is 0 Å². The van der Waals surface area contributed by atoms with Gasteiger partial charge in [-0.25, -0.2) is 0 Å². The van der Waals surface area contributed by atoms with Crippen molar-refractivity contribution in [2.24, 2.45) is 0 Å². The summed E-state index contributed by atoms with van der Waals surface area (Å²) in [7, 11) is 0. The van der Waals surface area contributed by atoms with Gasteiger partial charge in [0, 0.05) is 0 Å². The second kappa shape index (κ2) is 3.51. The Labute approximate surface area is 69.2 Å². The standard InChI is InChI=1S/C7H12O5/c8-2-3-1-4(9)6(11)7(12)5(3)10/h1,4-12H,2H2/t4-,5-,6-,7-/m1/s1. The van der Waals surface area contributed by atoms with Crippen molar-refractivity contribution in [3.8, 4) is 0 Å². The highest BCUT2D eigenvalue weighted by Crippen LogP contribution is 2.19. The molecule has 12 heavy (non-hydrogen) atoms. The van der Waals surface area contributed by atoms with Crippen molar-refractivity contribution in [2.75, 3.05) is 6.61 Å². The van der Waals surface area contributed by atoms with Crippen LogP contribution in [-0.4, -0.2) is 56.6 Å². The first-order valence-electron chi connectivity index (χ1n) is 3.61. The lowest BCUT2D eigenvalue weighted by Gasteiger charge is -2.31. The Bertz CT molecular complexity index is 190. The van der Waals surface area contributed by atoms with Gasteiger partial charge in [0.1, 0.15) is 24.4 Å². The number of rotatable bonds is 1. The van der Waals surface area contributed by atoms with Gasteiger partial charge >= 0.3 is 0 Å². The first kappa shape index (κ1) is 9.63. The number of aliphatic hydroxyl groups excluding tert-OH is 5. The van der Waals surface area contributed by atoms with Crippen molar-refractivity contribution >= 4 is 0 Å². The fourth-order valence-corrected chi connectivity index (χ4v) is 1.17. The molecule has 4 atom stereocenters. The molecule has 0 aromatic rings. The van der Waals surface area contributed by atoms with Gasteiger partial charge in [-0.1, -0.05) is 0 Å². The molecule has 0 spiro atoms. The smallest absolute Gasteiger partial charge is 0.112 e. The van der Waals surface area contributed by atoms with Crippen LogP contribution in [-0.2, 0) is 0 Å². The Kier molecular flexibility index (Phi) is 2.81. The Morgan fingerprint density at radius 2 is 1.67 bits per heavy atom. The summed E-state index contributed by atoms with van der Waals surface area (Å²) in [6.45, 7) is -0.442. The van der Waals surface area contributed by atoms with Crippen molar-refractivity contribution in [1.82, 2.24) is 0 Å². The van der Waals surface area contributed by atoms with Crippen molar-refractivity contribution in [3.63, 3.8) is 0 Å². The molecular formula is C7H12O5. The molecule has 0 aromatic carbocycles. The average Bonchev–Trinajstić information content (AvgIpc) is 2.08. The summed E-state index contributed by atoms with van der Waals surface area (Å²) < 4.78 is 0. The molecule has 1 aliphatic carbocycles. The maximum Gasteiger partial charge on any atom is 0.112 e. The van der Waals surface area contributed by atoms with E-state index in [9.17, 15) is 5.11 Å². The summed E-state index contributed by atoms with van der Waals surface area (Å²) in [6, 6.07) is 0. The monoisotopic (exact) mass is 176 g/mol. The van der Waals surface area contributed by atoms with Gasteiger partial charge in [0.15, 0.2) is 0 Å². The molecule has 5 heteroatoms. The third kappa shape index (κ3) is 1.50. The summed E-state index contributed by atoms with van der Waals surface area (Å²) in [5, 5.41) is 45.0. The van der Waals surface area contributed by atoms with E-state index in [-0.39, 0.29) is 5.57 Å². The molecule has 0 radical (unpaired) electrons. The van der Waals surface area contributed by atoms with E-state index in [0.29, 0.717) is 0 Å². The second-order valence-electron chi connectivity index (χ2n) is 2.82. The molecule has 0 aliphatic heterocycles. The fraction of sp³-hybridized carbons (Fsp3) is 0.714. The molecule has 0 amide bonds. The maximum absolute atomic E-state index is 9.18. The molecule has 1 rings (SSSR count). The fourth-order valence-electron chi connectivity index (χ4n) is 1.17. The van der Waals surface area contributed by atoms with E-state index in [0.717, 1.165) is 6.08 Å². The van der Waals surface area contributed by atoms with Crippen molar-refractivity contribution < 1.29 is 25.5 Å². The minimum absolute atomic E-state index is 0.125. The zero-order chi connectivity index (χ0) is 9.30. The number of hydrogen-bond acceptors (Lipinski definition) is 5. The molecule has 70 valence electrons. The zero-order valence-corrected chi connectivity index (χ0v) is 6.33. The minimum Gasteiger partial charge on any atom is -0.392 e. The largest absolute Gasteiger partial charge is 0.392 e. The molecule has 5 N–H and O–H groups in total. The molecule has 0 bridgehead atoms. The molecule has 0 saturated heterocycles. The third-order valence-corrected chi connectivity index (χ3v) is 1.97. The van der Waals surface area contributed by atoms with Crippen LogP contribution in [0.15, 0.2) is 11.6 Å². The molecular weight excluding hydrogens is 164 g/mol. The lowest BCUT2D eigenvalue weighted by Crippen LogP contribution is -2.48. The quantitative estimate of drug-likeness (QED) is 0.281. The number of aliphatic hydroxyl groups is 5. The topological polar surface area (TPSA) is 101 Å². The van der Waals surface area contributed by atoms with E-state index >= 15 is 0 Å². The molecule has 1 aliphatic rings. The summed E-state index contributed by atoms with van der Waals surface area (Å²) in [4.78, 5) is 0. The van der Waals surface area contributed by atoms with Crippen LogP contribution < -0.4 is 0 Å². The summed E-state index contributed by atoms with van der Waals surface area (Å²) >= 11 is 0. The lowest BCUT2D eigenvalue weighted by molar-refractivity contribution is -0.0948. The second-order valence-corrected chi connectivity index (χ2v) is 2.82. The molecule has 0 heterocycles. The molecule has 0 unspecified atom stereocenters. The van der Waals surface area contributed by atoms with Crippen molar-refractivity contribution in [1.29, 1.82) is 0 Å². The van der Waals surface area contributed by atoms with Crippen LogP contribution in [0.5, 0.6) is 0 Å². The molecule has 0 saturated carbocycles. The Hall–Kier alpha value is -0.460. The van der Waals surface area contributed by atoms with Gasteiger partial charge in [0.05, 0.1) is 6.61 Å². The first-order chi connectivity index (χ1) is 5.57. The van der Waals surface area contributed by atoms with Crippen LogP contribution in [0.4, 0.5) is 0 Å². The molecule has 0 aromatic heterocycles. The van der Waals surface area contributed by atoms with Crippen LogP contribution >= 0.6 is 0 Å². The van der Waals surface area contributed by atoms with Gasteiger partial charge in [0.25, 0.3) is 0 Å². The van der Waals surface area contributed by atoms with Gasteiger partial charge < -0.3 is 25.5 Å². The zero-order valence-electron chi connectivity index (χ0n) is 6.33. The van der Waals surface area contributed by atoms with Gasteiger partial charge in [-0.2, -0.15) is 0 Å². The van der Waals surface area contributed by atoms with E-state index in [1.54, 1.807) is 0 Å². The number of hydrogen-bond donors (Lipinski definition) is 5. The van der Waals surface area contributed by atoms with E-state index in [4.69, 9.17) is 20.4 Å². The van der Waals surface area contributed by atoms with E-state index < -0.39 is 31.0 Å². The summed E-state index contributed by atoms with van der Waals surface area (Å²) in [5.74, 6) is 0. The Morgan fingerprint density at radius 3 is 2.17 bits per heavy atom. The highest BCUT2D eigenvalue weighted by molar-refractivity contribution is 5.19. The maximum atomic E-state index is 9.18. The van der Waals surface area contributed by atoms with Crippen LogP contribution in [0.1, 0.15) is 0 Å². The van der Waals surface area contributed by atoms with Crippen LogP contribution in [0, 0.1) is 0 Å². The summed E-state index contributed by atoms with van der Waals surface area (Å²) in [6.07, 6.45) is -4.22. The summed E-state index contributed by atoms with van der Waals surface area (Å²) in [5.41, 5.74) is 0.125. The average molecular weight is 176 g/mol. The highest BCUT2D eigenvalue weighted by Gasteiger charge is 2.35. The predicted molar refractivity (Wildman–Crippen MR) is 39.2 cm³/mol. The van der Waals surface area contributed by atoms with Crippen LogP contribution in [0.3, 0.4) is 0 Å². The third-order valence-electron chi connectivity index (χ3n) is 1.97. The van der Waals surface area contributed by atoms with Gasteiger partial charge in [-0.05, 0) is 11.6 Å². The predicted octanol–water partition coefficient (Wildman–Crippen LogP) is -2.64. The van der Waals surface area contributed by atoms with Crippen molar-refractivity contribution in [3.05, 3.63) is 11.6 Å². The molecule has 5 nitrogen and oxygen atoms in total. The van der Waals surface area contributed by atoms with Gasteiger partial charge in [-0.15, -0.1) is 0 Å². The molecule has 0 fully saturated rings. The van der Waals surface area contributed by atoms with E-state index in [2.05, 4.69) is 0 Å². The minimum atomic E-state index is -1.44. The Balaban J connectivity index is 2.84. The highest BCUT2D eigenvalue weighted by atomic mass is 16.4. The van der Waals surface area contributed by atoms with Crippen LogP contribution in [0.25, 0.3) is 0 Å². The Morgan fingerprint density at radius 1 is 1.08 bits per heavy atom. The SMILES string of the molecule is OCC1=C[C@@H](O)[C@@H](O)[C@H](O)[C@@H]1O. The van der Waals surface area contributed by atoms with Crippen molar-refractivity contribution in [2.45, 2.75) is 24.4 Å². The lowest BCUT2D eigenvalue weighted by atomic mass is 9.90. The first-order valence-corrected chi connectivity index (χ1v) is 3.61. The van der Waals surface area contributed by atoms with Gasteiger partial charge in [0.2, 0.25) is 0 Å². The normalized spacial score (nSPS) is 42.6. The van der Waals surface area contributed by atoms with Crippen LogP contribution in [0.2, 0.25) is 0 Å². The van der Waals surface area contributed by atoms with E-state index in [1.807, 2.05) is 0 Å². The van der Waals surface area contributed by atoms with Gasteiger partial charge in [-0.3, -0.25) is 0 Å².